The largest absolute Gasteiger partial charge is 0.249 e. The van der Waals surface area contributed by atoms with E-state index in [0.29, 0.717) is 11.1 Å². The second-order valence-corrected chi connectivity index (χ2v) is 5.11. The maximum absolute atomic E-state index is 5.83. The van der Waals surface area contributed by atoms with Gasteiger partial charge >= 0.3 is 0 Å². The molecule has 0 fully saturated rings. The molecule has 1 aromatic heterocycles. The highest BCUT2D eigenvalue weighted by Crippen LogP contribution is 2.25. The van der Waals surface area contributed by atoms with Gasteiger partial charge in [0.1, 0.15) is 5.03 Å². The van der Waals surface area contributed by atoms with Crippen LogP contribution in [0.5, 0.6) is 0 Å². The van der Waals surface area contributed by atoms with E-state index in [0.717, 1.165) is 10.6 Å². The predicted molar refractivity (Wildman–Crippen MR) is 59.5 cm³/mol. The van der Waals surface area contributed by atoms with Crippen LogP contribution < -0.4 is 0 Å². The Kier molecular flexibility index (Phi) is 4.07. The summed E-state index contributed by atoms with van der Waals surface area (Å²) in [6.45, 7) is 6.35. The highest BCUT2D eigenvalue weighted by Gasteiger charge is 2.05. The number of rotatable bonds is 3. The molecule has 0 aromatic carbocycles. The number of aromatic nitrogens is 1. The molecule has 0 aliphatic heterocycles. The Morgan fingerprint density at radius 3 is 2.77 bits per heavy atom. The number of alkyl halides is 1. The predicted octanol–water partition coefficient (Wildman–Crippen LogP) is 3.63. The first-order valence-electron chi connectivity index (χ1n) is 4.31. The van der Waals surface area contributed by atoms with Gasteiger partial charge in [0.15, 0.2) is 0 Å². The average Bonchev–Trinajstić information content (AvgIpc) is 2.07. The van der Waals surface area contributed by atoms with E-state index in [9.17, 15) is 0 Å². The summed E-state index contributed by atoms with van der Waals surface area (Å²) in [6.07, 6.45) is 1.89. The summed E-state index contributed by atoms with van der Waals surface area (Å²) in [7, 11) is 0. The minimum atomic E-state index is 0.545. The third-order valence-corrected chi connectivity index (χ3v) is 2.90. The SMILES string of the molecule is Cc1cnc(SC(C)C)c(CCl)c1. The fourth-order valence-corrected chi connectivity index (χ4v) is 2.17. The van der Waals surface area contributed by atoms with Gasteiger partial charge in [0.2, 0.25) is 0 Å². The van der Waals surface area contributed by atoms with Crippen LogP contribution in [0.1, 0.15) is 25.0 Å². The van der Waals surface area contributed by atoms with E-state index in [4.69, 9.17) is 11.6 Å². The molecule has 3 heteroatoms. The summed E-state index contributed by atoms with van der Waals surface area (Å²) in [6, 6.07) is 2.10. The molecule has 0 unspecified atom stereocenters. The van der Waals surface area contributed by atoms with Crippen molar-refractivity contribution < 1.29 is 0 Å². The molecule has 0 radical (unpaired) electrons. The van der Waals surface area contributed by atoms with Crippen molar-refractivity contribution in [2.75, 3.05) is 0 Å². The molecular formula is C10H14ClNS. The van der Waals surface area contributed by atoms with Gasteiger partial charge in [0.05, 0.1) is 5.88 Å². The van der Waals surface area contributed by atoms with E-state index in [-0.39, 0.29) is 0 Å². The molecule has 72 valence electrons. The Hall–Kier alpha value is -0.210. The lowest BCUT2D eigenvalue weighted by Gasteiger charge is -2.08. The van der Waals surface area contributed by atoms with Crippen LogP contribution >= 0.6 is 23.4 Å². The molecule has 0 aliphatic carbocycles. The molecule has 0 saturated carbocycles. The van der Waals surface area contributed by atoms with Crippen LogP contribution in [0.25, 0.3) is 0 Å². The molecule has 1 aromatic rings. The quantitative estimate of drug-likeness (QED) is 0.564. The normalized spacial score (nSPS) is 10.8. The van der Waals surface area contributed by atoms with E-state index in [1.54, 1.807) is 11.8 Å². The van der Waals surface area contributed by atoms with Crippen LogP contribution in [0.15, 0.2) is 17.3 Å². The van der Waals surface area contributed by atoms with Gasteiger partial charge in [-0.15, -0.1) is 23.4 Å². The van der Waals surface area contributed by atoms with Crippen molar-refractivity contribution in [1.82, 2.24) is 4.98 Å². The zero-order valence-corrected chi connectivity index (χ0v) is 9.75. The van der Waals surface area contributed by atoms with E-state index >= 15 is 0 Å². The van der Waals surface area contributed by atoms with Gasteiger partial charge in [-0.25, -0.2) is 4.98 Å². The minimum absolute atomic E-state index is 0.545. The molecule has 0 spiro atoms. The first-order chi connectivity index (χ1) is 6.13. The molecule has 1 rings (SSSR count). The third-order valence-electron chi connectivity index (χ3n) is 1.55. The molecule has 0 amide bonds. The third kappa shape index (κ3) is 3.20. The average molecular weight is 216 g/mol. The number of aryl methyl sites for hydroxylation is 1. The summed E-state index contributed by atoms with van der Waals surface area (Å²) in [5, 5.41) is 1.62. The highest BCUT2D eigenvalue weighted by molar-refractivity contribution is 7.99. The second kappa shape index (κ2) is 4.87. The molecule has 1 nitrogen and oxygen atoms in total. The molecule has 0 N–H and O–H groups in total. The Morgan fingerprint density at radius 2 is 2.23 bits per heavy atom. The zero-order chi connectivity index (χ0) is 9.84. The van der Waals surface area contributed by atoms with E-state index in [1.165, 1.54) is 5.56 Å². The zero-order valence-electron chi connectivity index (χ0n) is 8.17. The van der Waals surface area contributed by atoms with Crippen molar-refractivity contribution >= 4 is 23.4 Å². The van der Waals surface area contributed by atoms with Gasteiger partial charge in [-0.05, 0) is 18.1 Å². The summed E-state index contributed by atoms with van der Waals surface area (Å²) in [5.41, 5.74) is 2.31. The summed E-state index contributed by atoms with van der Waals surface area (Å²) < 4.78 is 0. The van der Waals surface area contributed by atoms with Gasteiger partial charge in [-0.1, -0.05) is 19.9 Å². The van der Waals surface area contributed by atoms with Gasteiger partial charge in [-0.3, -0.25) is 0 Å². The Labute approximate surface area is 88.9 Å². The van der Waals surface area contributed by atoms with Crippen LogP contribution in [0.4, 0.5) is 0 Å². The maximum Gasteiger partial charge on any atom is 0.101 e. The first kappa shape index (κ1) is 10.9. The maximum atomic E-state index is 5.83. The van der Waals surface area contributed by atoms with E-state index < -0.39 is 0 Å². The number of hydrogen-bond donors (Lipinski definition) is 0. The lowest BCUT2D eigenvalue weighted by Crippen LogP contribution is -1.94. The Bertz CT molecular complexity index is 286. The van der Waals surface area contributed by atoms with Crippen molar-refractivity contribution in [1.29, 1.82) is 0 Å². The second-order valence-electron chi connectivity index (χ2n) is 3.28. The Morgan fingerprint density at radius 1 is 1.54 bits per heavy atom. The number of hydrogen-bond acceptors (Lipinski definition) is 2. The monoisotopic (exact) mass is 215 g/mol. The van der Waals surface area contributed by atoms with Crippen LogP contribution in [0.3, 0.4) is 0 Å². The van der Waals surface area contributed by atoms with Crippen molar-refractivity contribution in [2.24, 2.45) is 0 Å². The molecular weight excluding hydrogens is 202 g/mol. The summed E-state index contributed by atoms with van der Waals surface area (Å²) >= 11 is 7.60. The Balaban J connectivity index is 2.92. The lowest BCUT2D eigenvalue weighted by molar-refractivity contribution is 1.02. The fourth-order valence-electron chi connectivity index (χ4n) is 1.04. The number of thioether (sulfide) groups is 1. The minimum Gasteiger partial charge on any atom is -0.249 e. The van der Waals surface area contributed by atoms with Gasteiger partial charge in [0, 0.05) is 11.4 Å². The number of pyridine rings is 1. The van der Waals surface area contributed by atoms with Gasteiger partial charge < -0.3 is 0 Å². The molecule has 1 heterocycles. The number of halogens is 1. The van der Waals surface area contributed by atoms with Gasteiger partial charge in [0.25, 0.3) is 0 Å². The van der Waals surface area contributed by atoms with Crippen molar-refractivity contribution in [3.63, 3.8) is 0 Å². The standard InChI is InChI=1S/C10H14ClNS/c1-7(2)13-10-9(5-11)4-8(3)6-12-10/h4,6-7H,5H2,1-3H3. The molecule has 0 atom stereocenters. The number of nitrogens with zero attached hydrogens (tertiary/aromatic N) is 1. The van der Waals surface area contributed by atoms with Crippen molar-refractivity contribution in [2.45, 2.75) is 36.9 Å². The van der Waals surface area contributed by atoms with Crippen LogP contribution in [-0.2, 0) is 5.88 Å². The molecule has 0 saturated heterocycles. The van der Waals surface area contributed by atoms with E-state index in [1.807, 2.05) is 13.1 Å². The molecule has 0 bridgehead atoms. The van der Waals surface area contributed by atoms with E-state index in [2.05, 4.69) is 24.9 Å². The molecule has 13 heavy (non-hydrogen) atoms. The molecule has 0 aliphatic rings. The summed E-state index contributed by atoms with van der Waals surface area (Å²) in [5.74, 6) is 0.545. The highest BCUT2D eigenvalue weighted by atomic mass is 35.5. The van der Waals surface area contributed by atoms with Crippen LogP contribution in [0, 0.1) is 6.92 Å². The smallest absolute Gasteiger partial charge is 0.101 e. The topological polar surface area (TPSA) is 12.9 Å². The van der Waals surface area contributed by atoms with Crippen LogP contribution in [0.2, 0.25) is 0 Å². The first-order valence-corrected chi connectivity index (χ1v) is 5.73. The fraction of sp³-hybridized carbons (Fsp3) is 0.500. The lowest BCUT2D eigenvalue weighted by atomic mass is 10.2. The van der Waals surface area contributed by atoms with Crippen LogP contribution in [-0.4, -0.2) is 10.2 Å². The van der Waals surface area contributed by atoms with Gasteiger partial charge in [-0.2, -0.15) is 0 Å². The van der Waals surface area contributed by atoms with Crippen molar-refractivity contribution in [3.8, 4) is 0 Å². The van der Waals surface area contributed by atoms with Crippen molar-refractivity contribution in [3.05, 3.63) is 23.4 Å². The summed E-state index contributed by atoms with van der Waals surface area (Å²) in [4.78, 5) is 4.37.